The molecule has 2 N–H and O–H groups in total. The van der Waals surface area contributed by atoms with Crippen molar-refractivity contribution in [3.05, 3.63) is 45.9 Å². The van der Waals surface area contributed by atoms with E-state index in [9.17, 15) is 5.11 Å². The third-order valence-electron chi connectivity index (χ3n) is 2.42. The highest BCUT2D eigenvalue weighted by Crippen LogP contribution is 2.11. The second-order valence-corrected chi connectivity index (χ2v) is 4.92. The summed E-state index contributed by atoms with van der Waals surface area (Å²) in [6.45, 7) is 3.70. The van der Waals surface area contributed by atoms with Crippen molar-refractivity contribution in [2.45, 2.75) is 19.9 Å². The summed E-state index contributed by atoms with van der Waals surface area (Å²) >= 11 is 1.71. The van der Waals surface area contributed by atoms with Crippen LogP contribution in [-0.4, -0.2) is 16.6 Å². The van der Waals surface area contributed by atoms with Gasteiger partial charge in [0.1, 0.15) is 5.75 Å². The molecular weight excluding hydrogens is 232 g/mol. The minimum atomic E-state index is 0.319. The predicted octanol–water partition coefficient (Wildman–Crippen LogP) is 2.49. The van der Waals surface area contributed by atoms with E-state index in [0.717, 1.165) is 30.8 Å². The van der Waals surface area contributed by atoms with E-state index >= 15 is 0 Å². The molecule has 0 saturated carbocycles. The average molecular weight is 248 g/mol. The summed E-state index contributed by atoms with van der Waals surface area (Å²) < 4.78 is 0. The Hall–Kier alpha value is -1.39. The Kier molecular flexibility index (Phi) is 4.12. The van der Waals surface area contributed by atoms with Gasteiger partial charge in [-0.25, -0.2) is 4.98 Å². The van der Waals surface area contributed by atoms with Gasteiger partial charge >= 0.3 is 0 Å². The first-order valence-corrected chi connectivity index (χ1v) is 6.51. The second kappa shape index (κ2) is 5.80. The lowest BCUT2D eigenvalue weighted by molar-refractivity contribution is 0.474. The van der Waals surface area contributed by atoms with Gasteiger partial charge in [-0.2, -0.15) is 0 Å². The molecule has 0 aliphatic carbocycles. The first-order valence-electron chi connectivity index (χ1n) is 5.63. The molecule has 1 aromatic heterocycles. The minimum Gasteiger partial charge on any atom is -0.508 e. The molecule has 0 bridgehead atoms. The lowest BCUT2D eigenvalue weighted by atomic mass is 10.2. The van der Waals surface area contributed by atoms with Crippen molar-refractivity contribution in [2.24, 2.45) is 0 Å². The maximum atomic E-state index is 9.31. The Bertz CT molecular complexity index is 482. The zero-order chi connectivity index (χ0) is 12.1. The van der Waals surface area contributed by atoms with Crippen LogP contribution >= 0.6 is 11.3 Å². The first-order chi connectivity index (χ1) is 8.24. The van der Waals surface area contributed by atoms with Gasteiger partial charge in [0.25, 0.3) is 0 Å². The molecule has 3 nitrogen and oxygen atoms in total. The SMILES string of the molecule is Cc1csc(CCNCc2cccc(O)c2)n1. The standard InChI is InChI=1S/C13H16N2OS/c1-10-9-17-13(15-10)5-6-14-8-11-3-2-4-12(16)7-11/h2-4,7,9,14,16H,5-6,8H2,1H3. The topological polar surface area (TPSA) is 45.1 Å². The van der Waals surface area contributed by atoms with Crippen LogP contribution in [0.25, 0.3) is 0 Å². The van der Waals surface area contributed by atoms with E-state index in [-0.39, 0.29) is 0 Å². The molecule has 0 aliphatic rings. The zero-order valence-electron chi connectivity index (χ0n) is 9.81. The number of aromatic hydroxyl groups is 1. The number of aryl methyl sites for hydroxylation is 1. The van der Waals surface area contributed by atoms with Crippen molar-refractivity contribution >= 4 is 11.3 Å². The highest BCUT2D eigenvalue weighted by Gasteiger charge is 1.98. The number of phenols is 1. The van der Waals surface area contributed by atoms with Crippen molar-refractivity contribution in [1.82, 2.24) is 10.3 Å². The number of phenolic OH excluding ortho intramolecular Hbond substituents is 1. The highest BCUT2D eigenvalue weighted by atomic mass is 32.1. The summed E-state index contributed by atoms with van der Waals surface area (Å²) in [6.07, 6.45) is 0.956. The maximum Gasteiger partial charge on any atom is 0.115 e. The molecule has 1 aromatic carbocycles. The van der Waals surface area contributed by atoms with Gasteiger partial charge in [-0.3, -0.25) is 0 Å². The predicted molar refractivity (Wildman–Crippen MR) is 70.4 cm³/mol. The van der Waals surface area contributed by atoms with Crippen LogP contribution in [0.1, 0.15) is 16.3 Å². The molecule has 0 atom stereocenters. The van der Waals surface area contributed by atoms with Gasteiger partial charge in [-0.1, -0.05) is 12.1 Å². The van der Waals surface area contributed by atoms with Crippen LogP contribution in [0.15, 0.2) is 29.6 Å². The maximum absolute atomic E-state index is 9.31. The van der Waals surface area contributed by atoms with Gasteiger partial charge < -0.3 is 10.4 Å². The van der Waals surface area contributed by atoms with Gasteiger partial charge in [0.05, 0.1) is 5.01 Å². The fourth-order valence-corrected chi connectivity index (χ4v) is 2.39. The van der Waals surface area contributed by atoms with E-state index in [2.05, 4.69) is 15.7 Å². The van der Waals surface area contributed by atoms with Crippen LogP contribution in [0.2, 0.25) is 0 Å². The molecule has 17 heavy (non-hydrogen) atoms. The molecule has 0 saturated heterocycles. The summed E-state index contributed by atoms with van der Waals surface area (Å²) in [6, 6.07) is 7.32. The number of hydrogen-bond acceptors (Lipinski definition) is 4. The molecule has 0 amide bonds. The minimum absolute atomic E-state index is 0.319. The van der Waals surface area contributed by atoms with Crippen molar-refractivity contribution in [1.29, 1.82) is 0 Å². The smallest absolute Gasteiger partial charge is 0.115 e. The van der Waals surface area contributed by atoms with E-state index in [0.29, 0.717) is 5.75 Å². The fraction of sp³-hybridized carbons (Fsp3) is 0.308. The van der Waals surface area contributed by atoms with Gasteiger partial charge in [0, 0.05) is 30.6 Å². The van der Waals surface area contributed by atoms with Gasteiger partial charge in [0.15, 0.2) is 0 Å². The Balaban J connectivity index is 1.73. The molecular formula is C13H16N2OS. The average Bonchev–Trinajstić information content (AvgIpc) is 2.71. The normalized spacial score (nSPS) is 10.6. The summed E-state index contributed by atoms with van der Waals surface area (Å²) in [7, 11) is 0. The molecule has 0 spiro atoms. The summed E-state index contributed by atoms with van der Waals surface area (Å²) in [4.78, 5) is 4.41. The molecule has 0 aliphatic heterocycles. The Morgan fingerprint density at radius 3 is 3.00 bits per heavy atom. The van der Waals surface area contributed by atoms with E-state index < -0.39 is 0 Å². The molecule has 2 rings (SSSR count). The Labute approximate surface area is 105 Å². The van der Waals surface area contributed by atoms with Gasteiger partial charge in [0.2, 0.25) is 0 Å². The fourth-order valence-electron chi connectivity index (χ4n) is 1.61. The van der Waals surface area contributed by atoms with Crippen molar-refractivity contribution < 1.29 is 5.11 Å². The zero-order valence-corrected chi connectivity index (χ0v) is 10.6. The Morgan fingerprint density at radius 2 is 2.29 bits per heavy atom. The summed E-state index contributed by atoms with van der Waals surface area (Å²) in [5.74, 6) is 0.319. The number of benzene rings is 1. The van der Waals surface area contributed by atoms with E-state index in [4.69, 9.17) is 0 Å². The molecule has 0 unspecified atom stereocenters. The second-order valence-electron chi connectivity index (χ2n) is 3.98. The third kappa shape index (κ3) is 3.84. The molecule has 90 valence electrons. The van der Waals surface area contributed by atoms with Crippen LogP contribution in [0, 0.1) is 6.92 Å². The largest absolute Gasteiger partial charge is 0.508 e. The Morgan fingerprint density at radius 1 is 1.41 bits per heavy atom. The summed E-state index contributed by atoms with van der Waals surface area (Å²) in [5, 5.41) is 15.9. The van der Waals surface area contributed by atoms with Gasteiger partial charge in [-0.15, -0.1) is 11.3 Å². The number of thiazole rings is 1. The number of rotatable bonds is 5. The van der Waals surface area contributed by atoms with Crippen LogP contribution in [0.3, 0.4) is 0 Å². The van der Waals surface area contributed by atoms with Crippen LogP contribution < -0.4 is 5.32 Å². The number of aromatic nitrogens is 1. The molecule has 2 aromatic rings. The quantitative estimate of drug-likeness (QED) is 0.799. The van der Waals surface area contributed by atoms with E-state index in [1.54, 1.807) is 23.5 Å². The van der Waals surface area contributed by atoms with Crippen molar-refractivity contribution in [3.8, 4) is 5.75 Å². The molecule has 4 heteroatoms. The first kappa shape index (κ1) is 12.1. The van der Waals surface area contributed by atoms with Crippen molar-refractivity contribution in [3.63, 3.8) is 0 Å². The van der Waals surface area contributed by atoms with Crippen molar-refractivity contribution in [2.75, 3.05) is 6.54 Å². The lowest BCUT2D eigenvalue weighted by Gasteiger charge is -2.04. The van der Waals surface area contributed by atoms with Crippen LogP contribution in [0.4, 0.5) is 0 Å². The molecule has 1 heterocycles. The van der Waals surface area contributed by atoms with Crippen LogP contribution in [0.5, 0.6) is 5.75 Å². The number of nitrogens with one attached hydrogen (secondary N) is 1. The van der Waals surface area contributed by atoms with E-state index in [1.165, 1.54) is 5.01 Å². The summed E-state index contributed by atoms with van der Waals surface area (Å²) in [5.41, 5.74) is 2.19. The number of nitrogens with zero attached hydrogens (tertiary/aromatic N) is 1. The monoisotopic (exact) mass is 248 g/mol. The van der Waals surface area contributed by atoms with E-state index in [1.807, 2.05) is 19.1 Å². The van der Waals surface area contributed by atoms with Gasteiger partial charge in [-0.05, 0) is 24.6 Å². The lowest BCUT2D eigenvalue weighted by Crippen LogP contribution is -2.16. The third-order valence-corrected chi connectivity index (χ3v) is 3.45. The highest BCUT2D eigenvalue weighted by molar-refractivity contribution is 7.09. The molecule has 0 radical (unpaired) electrons. The molecule has 0 fully saturated rings. The van der Waals surface area contributed by atoms with Crippen LogP contribution in [-0.2, 0) is 13.0 Å². The number of hydrogen-bond donors (Lipinski definition) is 2.